The summed E-state index contributed by atoms with van der Waals surface area (Å²) in [6.45, 7) is 3.97. The molecule has 0 unspecified atom stereocenters. The molecule has 6 heteroatoms. The van der Waals surface area contributed by atoms with Crippen molar-refractivity contribution in [2.45, 2.75) is 13.8 Å². The number of rotatable bonds is 3. The predicted molar refractivity (Wildman–Crippen MR) is 97.4 cm³/mol. The molecule has 2 aromatic rings. The highest BCUT2D eigenvalue weighted by Crippen LogP contribution is 2.17. The summed E-state index contributed by atoms with van der Waals surface area (Å²) in [4.78, 5) is 23.8. The third-order valence-corrected chi connectivity index (χ3v) is 3.83. The largest absolute Gasteiger partial charge is 0.465 e. The molecule has 0 fully saturated rings. The maximum absolute atomic E-state index is 12.3. The Balaban J connectivity index is 2.08. The number of esters is 1. The second kappa shape index (κ2) is 7.70. The van der Waals surface area contributed by atoms with Gasteiger partial charge in [-0.2, -0.15) is 0 Å². The van der Waals surface area contributed by atoms with Gasteiger partial charge in [0.15, 0.2) is 5.11 Å². The van der Waals surface area contributed by atoms with Crippen molar-refractivity contribution in [3.8, 4) is 0 Å². The van der Waals surface area contributed by atoms with Crippen molar-refractivity contribution < 1.29 is 14.3 Å². The molecule has 0 aliphatic rings. The van der Waals surface area contributed by atoms with Crippen LogP contribution in [0.25, 0.3) is 0 Å². The number of nitrogens with one attached hydrogen (secondary N) is 2. The summed E-state index contributed by atoms with van der Waals surface area (Å²) in [5.41, 5.74) is 3.65. The molecule has 0 bridgehead atoms. The summed E-state index contributed by atoms with van der Waals surface area (Å²) in [6, 6.07) is 12.1. The van der Waals surface area contributed by atoms with E-state index in [1.807, 2.05) is 32.0 Å². The fraction of sp³-hybridized carbons (Fsp3) is 0.167. The Kier molecular flexibility index (Phi) is 5.65. The number of carbonyl (C=O) groups is 2. The Morgan fingerprint density at radius 3 is 2.42 bits per heavy atom. The summed E-state index contributed by atoms with van der Waals surface area (Å²) in [5.74, 6) is -0.899. The molecule has 2 N–H and O–H groups in total. The minimum atomic E-state index is -0.499. The number of thiocarbonyl (C=S) groups is 1. The van der Waals surface area contributed by atoms with Crippen molar-refractivity contribution in [1.29, 1.82) is 0 Å². The maximum Gasteiger partial charge on any atom is 0.337 e. The molecule has 0 radical (unpaired) electrons. The van der Waals surface area contributed by atoms with Crippen LogP contribution in [0.2, 0.25) is 0 Å². The van der Waals surface area contributed by atoms with Crippen LogP contribution >= 0.6 is 12.2 Å². The van der Waals surface area contributed by atoms with E-state index < -0.39 is 11.9 Å². The van der Waals surface area contributed by atoms with Gasteiger partial charge in [0.2, 0.25) is 0 Å². The Hall–Kier alpha value is -2.73. The van der Waals surface area contributed by atoms with Crippen LogP contribution in [0.3, 0.4) is 0 Å². The van der Waals surface area contributed by atoms with Gasteiger partial charge in [-0.15, -0.1) is 0 Å². The molecule has 0 saturated carbocycles. The van der Waals surface area contributed by atoms with E-state index >= 15 is 0 Å². The lowest BCUT2D eigenvalue weighted by Gasteiger charge is -2.13. The Labute approximate surface area is 146 Å². The van der Waals surface area contributed by atoms with Gasteiger partial charge >= 0.3 is 5.97 Å². The first-order valence-corrected chi connectivity index (χ1v) is 7.70. The van der Waals surface area contributed by atoms with E-state index in [0.717, 1.165) is 16.8 Å². The molecule has 5 nitrogen and oxygen atoms in total. The van der Waals surface area contributed by atoms with E-state index in [-0.39, 0.29) is 5.11 Å². The van der Waals surface area contributed by atoms with Crippen LogP contribution in [0.15, 0.2) is 42.5 Å². The van der Waals surface area contributed by atoms with Gasteiger partial charge in [-0.25, -0.2) is 4.79 Å². The van der Waals surface area contributed by atoms with Gasteiger partial charge in [-0.1, -0.05) is 18.2 Å². The van der Waals surface area contributed by atoms with Crippen molar-refractivity contribution in [3.05, 3.63) is 64.7 Å². The standard InChI is InChI=1S/C18H18N2O3S/c1-11-6-4-9-15(12(11)2)19-18(24)20-16(21)13-7-5-8-14(10-13)17(22)23-3/h4-10H,1-3H3,(H2,19,20,21,24). The fourth-order valence-electron chi connectivity index (χ4n) is 2.12. The van der Waals surface area contributed by atoms with Crippen LogP contribution in [0.1, 0.15) is 31.8 Å². The fourth-order valence-corrected chi connectivity index (χ4v) is 2.32. The van der Waals surface area contributed by atoms with Gasteiger partial charge < -0.3 is 10.1 Å². The van der Waals surface area contributed by atoms with Gasteiger partial charge in [-0.05, 0) is 61.5 Å². The zero-order valence-electron chi connectivity index (χ0n) is 13.7. The number of benzene rings is 2. The smallest absolute Gasteiger partial charge is 0.337 e. The van der Waals surface area contributed by atoms with Crippen LogP contribution in [0, 0.1) is 13.8 Å². The average molecular weight is 342 g/mol. The third kappa shape index (κ3) is 4.17. The molecule has 0 heterocycles. The van der Waals surface area contributed by atoms with Crippen molar-refractivity contribution in [2.24, 2.45) is 0 Å². The second-order valence-corrected chi connectivity index (χ2v) is 5.64. The lowest BCUT2D eigenvalue weighted by Crippen LogP contribution is -2.34. The number of methoxy groups -OCH3 is 1. The number of carbonyl (C=O) groups excluding carboxylic acids is 2. The zero-order valence-corrected chi connectivity index (χ0v) is 14.5. The monoisotopic (exact) mass is 342 g/mol. The number of anilines is 1. The zero-order chi connectivity index (χ0) is 17.7. The summed E-state index contributed by atoms with van der Waals surface area (Å²) in [6.07, 6.45) is 0. The van der Waals surface area contributed by atoms with E-state index in [4.69, 9.17) is 12.2 Å². The molecule has 0 atom stereocenters. The van der Waals surface area contributed by atoms with E-state index in [0.29, 0.717) is 11.1 Å². The minimum absolute atomic E-state index is 0.192. The quantitative estimate of drug-likeness (QED) is 0.662. The Bertz CT molecular complexity index is 803. The Morgan fingerprint density at radius 2 is 1.71 bits per heavy atom. The molecule has 0 aliphatic heterocycles. The van der Waals surface area contributed by atoms with Crippen LogP contribution in [0.4, 0.5) is 5.69 Å². The van der Waals surface area contributed by atoms with Crippen LogP contribution in [-0.2, 0) is 4.74 Å². The summed E-state index contributed by atoms with van der Waals surface area (Å²) in [7, 11) is 1.29. The first-order valence-electron chi connectivity index (χ1n) is 7.29. The molecular formula is C18H18N2O3S. The number of amides is 1. The molecule has 2 rings (SSSR count). The molecule has 0 aromatic heterocycles. The van der Waals surface area contributed by atoms with Crippen molar-refractivity contribution >= 4 is 34.9 Å². The molecule has 24 heavy (non-hydrogen) atoms. The van der Waals surface area contributed by atoms with Crippen molar-refractivity contribution in [1.82, 2.24) is 5.32 Å². The molecule has 2 aromatic carbocycles. The predicted octanol–water partition coefficient (Wildman–Crippen LogP) is 3.22. The highest BCUT2D eigenvalue weighted by atomic mass is 32.1. The normalized spacial score (nSPS) is 9.96. The number of aryl methyl sites for hydroxylation is 1. The third-order valence-electron chi connectivity index (χ3n) is 3.63. The van der Waals surface area contributed by atoms with E-state index in [9.17, 15) is 9.59 Å². The lowest BCUT2D eigenvalue weighted by molar-refractivity contribution is 0.0600. The average Bonchev–Trinajstić information content (AvgIpc) is 2.58. The van der Waals surface area contributed by atoms with Gasteiger partial charge in [-0.3, -0.25) is 10.1 Å². The van der Waals surface area contributed by atoms with Gasteiger partial charge in [0.1, 0.15) is 0 Å². The molecule has 0 aliphatic carbocycles. The number of hydrogen-bond donors (Lipinski definition) is 2. The van der Waals surface area contributed by atoms with E-state index in [1.54, 1.807) is 18.2 Å². The van der Waals surface area contributed by atoms with Crippen LogP contribution in [0.5, 0.6) is 0 Å². The number of ether oxygens (including phenoxy) is 1. The molecule has 0 spiro atoms. The first-order chi connectivity index (χ1) is 11.4. The maximum atomic E-state index is 12.3. The molecule has 1 amide bonds. The van der Waals surface area contributed by atoms with E-state index in [2.05, 4.69) is 15.4 Å². The topological polar surface area (TPSA) is 67.4 Å². The minimum Gasteiger partial charge on any atom is -0.465 e. The summed E-state index contributed by atoms with van der Waals surface area (Å²) < 4.78 is 4.65. The SMILES string of the molecule is COC(=O)c1cccc(C(=O)NC(=S)Nc2cccc(C)c2C)c1. The van der Waals surface area contributed by atoms with Gasteiger partial charge in [0.25, 0.3) is 5.91 Å². The lowest BCUT2D eigenvalue weighted by atomic mass is 10.1. The summed E-state index contributed by atoms with van der Waals surface area (Å²) in [5, 5.41) is 5.80. The molecule has 124 valence electrons. The van der Waals surface area contributed by atoms with E-state index in [1.165, 1.54) is 13.2 Å². The van der Waals surface area contributed by atoms with Crippen molar-refractivity contribution in [3.63, 3.8) is 0 Å². The first kappa shape index (κ1) is 17.6. The van der Waals surface area contributed by atoms with Crippen LogP contribution < -0.4 is 10.6 Å². The highest BCUT2D eigenvalue weighted by molar-refractivity contribution is 7.80. The Morgan fingerprint density at radius 1 is 1.04 bits per heavy atom. The molecular weight excluding hydrogens is 324 g/mol. The summed E-state index contributed by atoms with van der Waals surface area (Å²) >= 11 is 5.19. The van der Waals surface area contributed by atoms with Gasteiger partial charge in [0.05, 0.1) is 12.7 Å². The van der Waals surface area contributed by atoms with Crippen molar-refractivity contribution in [2.75, 3.05) is 12.4 Å². The molecule has 0 saturated heterocycles. The number of hydrogen-bond acceptors (Lipinski definition) is 4. The van der Waals surface area contributed by atoms with Gasteiger partial charge in [0, 0.05) is 11.3 Å². The highest BCUT2D eigenvalue weighted by Gasteiger charge is 2.12. The second-order valence-electron chi connectivity index (χ2n) is 5.23. The van der Waals surface area contributed by atoms with Crippen LogP contribution in [-0.4, -0.2) is 24.1 Å².